The molecule has 1 aromatic rings. The van der Waals surface area contributed by atoms with Crippen LogP contribution in [0.15, 0.2) is 30.3 Å². The van der Waals surface area contributed by atoms with E-state index in [0.717, 1.165) is 25.7 Å². The summed E-state index contributed by atoms with van der Waals surface area (Å²) in [5, 5.41) is 11.9. The maximum absolute atomic E-state index is 11.4. The topological polar surface area (TPSA) is 69.6 Å². The summed E-state index contributed by atoms with van der Waals surface area (Å²) in [6.45, 7) is 2.25. The minimum atomic E-state index is -1.01. The predicted molar refractivity (Wildman–Crippen MR) is 80.1 cm³/mol. The first-order valence-electron chi connectivity index (χ1n) is 7.43. The number of amides is 2. The Balaban J connectivity index is 1.71. The molecule has 0 bridgehead atoms. The number of β-lactam (4-membered cyclic amide) rings is 1. The third-order valence-corrected chi connectivity index (χ3v) is 3.90. The molecule has 0 spiro atoms. The van der Waals surface area contributed by atoms with Crippen LogP contribution in [0.3, 0.4) is 0 Å². The molecule has 1 aliphatic rings. The highest BCUT2D eigenvalue weighted by Crippen LogP contribution is 2.16. The molecule has 1 heterocycles. The summed E-state index contributed by atoms with van der Waals surface area (Å²) in [5.41, 5.74) is 1.31. The summed E-state index contributed by atoms with van der Waals surface area (Å²) < 4.78 is 0. The lowest BCUT2D eigenvalue weighted by Crippen LogP contribution is -2.68. The number of benzene rings is 1. The Hall–Kier alpha value is -2.04. The van der Waals surface area contributed by atoms with Gasteiger partial charge in [-0.2, -0.15) is 0 Å². The zero-order chi connectivity index (χ0) is 15.2. The first-order valence-corrected chi connectivity index (χ1v) is 7.43. The largest absolute Gasteiger partial charge is 0.465 e. The molecular weight excluding hydrogens is 268 g/mol. The number of carboxylic acid groups (broad SMARTS) is 1. The fraction of sp³-hybridized carbons (Fsp3) is 0.500. The van der Waals surface area contributed by atoms with Crippen molar-refractivity contribution in [2.45, 2.75) is 44.7 Å². The first-order chi connectivity index (χ1) is 10.1. The Morgan fingerprint density at radius 3 is 2.52 bits per heavy atom. The van der Waals surface area contributed by atoms with Gasteiger partial charge in [0.05, 0.1) is 6.04 Å². The standard InChI is InChI=1S/C16H22N2O3/c1-12-14(15(19)17-12)18(16(20)21)11-7-3-6-10-13-8-4-2-5-9-13/h2,4-5,8-9,12,14H,3,6-7,10-11H2,1H3,(H,17,19)(H,20,21)/t12-,14+/m1/s1. The highest BCUT2D eigenvalue weighted by Gasteiger charge is 2.42. The Kier molecular flexibility index (Phi) is 5.20. The van der Waals surface area contributed by atoms with E-state index in [1.54, 1.807) is 0 Å². The third kappa shape index (κ3) is 3.97. The van der Waals surface area contributed by atoms with Crippen LogP contribution >= 0.6 is 0 Å². The third-order valence-electron chi connectivity index (χ3n) is 3.90. The minimum absolute atomic E-state index is 0.0853. The average molecular weight is 290 g/mol. The maximum Gasteiger partial charge on any atom is 0.408 e. The molecular formula is C16H22N2O3. The van der Waals surface area contributed by atoms with E-state index < -0.39 is 12.1 Å². The monoisotopic (exact) mass is 290 g/mol. The molecule has 5 nitrogen and oxygen atoms in total. The number of hydrogen-bond acceptors (Lipinski definition) is 2. The molecule has 0 unspecified atom stereocenters. The molecule has 0 radical (unpaired) electrons. The van der Waals surface area contributed by atoms with Gasteiger partial charge in [0.15, 0.2) is 0 Å². The normalized spacial score (nSPS) is 20.5. The number of nitrogens with zero attached hydrogens (tertiary/aromatic N) is 1. The van der Waals surface area contributed by atoms with Gasteiger partial charge < -0.3 is 10.4 Å². The summed E-state index contributed by atoms with van der Waals surface area (Å²) >= 11 is 0. The fourth-order valence-electron chi connectivity index (χ4n) is 2.72. The van der Waals surface area contributed by atoms with Crippen LogP contribution in [0.1, 0.15) is 31.7 Å². The fourth-order valence-corrected chi connectivity index (χ4v) is 2.72. The van der Waals surface area contributed by atoms with Crippen molar-refractivity contribution in [2.24, 2.45) is 0 Å². The number of hydrogen-bond donors (Lipinski definition) is 2. The Labute approximate surface area is 125 Å². The molecule has 2 atom stereocenters. The van der Waals surface area contributed by atoms with Crippen molar-refractivity contribution in [3.8, 4) is 0 Å². The van der Waals surface area contributed by atoms with E-state index in [-0.39, 0.29) is 11.9 Å². The highest BCUT2D eigenvalue weighted by molar-refractivity contribution is 5.91. The lowest BCUT2D eigenvalue weighted by molar-refractivity contribution is -0.135. The Bertz CT molecular complexity index is 490. The van der Waals surface area contributed by atoms with E-state index in [0.29, 0.717) is 6.54 Å². The molecule has 1 aliphatic heterocycles. The molecule has 1 aromatic carbocycles. The average Bonchev–Trinajstić information content (AvgIpc) is 2.46. The summed E-state index contributed by atoms with van der Waals surface area (Å²) in [4.78, 5) is 24.0. The summed E-state index contributed by atoms with van der Waals surface area (Å²) in [6, 6.07) is 9.65. The molecule has 0 aromatic heterocycles. The van der Waals surface area contributed by atoms with Crippen molar-refractivity contribution in [3.63, 3.8) is 0 Å². The second-order valence-corrected chi connectivity index (χ2v) is 5.51. The van der Waals surface area contributed by atoms with E-state index >= 15 is 0 Å². The van der Waals surface area contributed by atoms with E-state index in [4.69, 9.17) is 0 Å². The number of unbranched alkanes of at least 4 members (excludes halogenated alkanes) is 2. The second kappa shape index (κ2) is 7.11. The second-order valence-electron chi connectivity index (χ2n) is 5.51. The van der Waals surface area contributed by atoms with Gasteiger partial charge in [-0.15, -0.1) is 0 Å². The summed E-state index contributed by atoms with van der Waals surface area (Å²) in [6.07, 6.45) is 2.78. The van der Waals surface area contributed by atoms with Gasteiger partial charge in [0.2, 0.25) is 5.91 Å². The van der Waals surface area contributed by atoms with Crippen molar-refractivity contribution < 1.29 is 14.7 Å². The van der Waals surface area contributed by atoms with Crippen molar-refractivity contribution in [3.05, 3.63) is 35.9 Å². The molecule has 21 heavy (non-hydrogen) atoms. The zero-order valence-electron chi connectivity index (χ0n) is 12.3. The van der Waals surface area contributed by atoms with Gasteiger partial charge in [0.1, 0.15) is 6.04 Å². The maximum atomic E-state index is 11.4. The SMILES string of the molecule is C[C@H]1NC(=O)[C@H]1N(CCCCCc1ccccc1)C(=O)O. The van der Waals surface area contributed by atoms with E-state index in [1.165, 1.54) is 10.5 Å². The van der Waals surface area contributed by atoms with Crippen LogP contribution in [0.4, 0.5) is 4.79 Å². The van der Waals surface area contributed by atoms with Crippen molar-refractivity contribution in [2.75, 3.05) is 6.54 Å². The molecule has 114 valence electrons. The number of carbonyl (C=O) groups is 2. The predicted octanol–water partition coefficient (Wildman–Crippen LogP) is 2.27. The smallest absolute Gasteiger partial charge is 0.408 e. The number of aryl methyl sites for hydroxylation is 1. The number of nitrogens with one attached hydrogen (secondary N) is 1. The zero-order valence-corrected chi connectivity index (χ0v) is 12.3. The van der Waals surface area contributed by atoms with Crippen LogP contribution in [-0.4, -0.2) is 40.6 Å². The van der Waals surface area contributed by atoms with Crippen LogP contribution < -0.4 is 5.32 Å². The summed E-state index contributed by atoms with van der Waals surface area (Å²) in [5.74, 6) is -0.186. The van der Waals surface area contributed by atoms with Gasteiger partial charge in [-0.1, -0.05) is 36.8 Å². The molecule has 2 amide bonds. The first kappa shape index (κ1) is 15.4. The molecule has 5 heteroatoms. The molecule has 0 aliphatic carbocycles. The molecule has 2 rings (SSSR count). The van der Waals surface area contributed by atoms with Gasteiger partial charge in [-0.3, -0.25) is 9.69 Å². The lowest BCUT2D eigenvalue weighted by atomic mass is 9.99. The Morgan fingerprint density at radius 2 is 1.95 bits per heavy atom. The van der Waals surface area contributed by atoms with Crippen LogP contribution in [0.2, 0.25) is 0 Å². The van der Waals surface area contributed by atoms with Crippen molar-refractivity contribution >= 4 is 12.0 Å². The van der Waals surface area contributed by atoms with Gasteiger partial charge in [0.25, 0.3) is 0 Å². The van der Waals surface area contributed by atoms with E-state index in [2.05, 4.69) is 17.4 Å². The van der Waals surface area contributed by atoms with Gasteiger partial charge >= 0.3 is 6.09 Å². The minimum Gasteiger partial charge on any atom is -0.465 e. The van der Waals surface area contributed by atoms with Crippen LogP contribution in [0.5, 0.6) is 0 Å². The van der Waals surface area contributed by atoms with Crippen LogP contribution in [0.25, 0.3) is 0 Å². The van der Waals surface area contributed by atoms with Gasteiger partial charge in [0, 0.05) is 6.54 Å². The van der Waals surface area contributed by atoms with Crippen molar-refractivity contribution in [1.82, 2.24) is 10.2 Å². The number of rotatable bonds is 7. The quantitative estimate of drug-likeness (QED) is 0.598. The van der Waals surface area contributed by atoms with E-state index in [1.807, 2.05) is 25.1 Å². The molecule has 2 N–H and O–H groups in total. The van der Waals surface area contributed by atoms with E-state index in [9.17, 15) is 14.7 Å². The van der Waals surface area contributed by atoms with Crippen LogP contribution in [-0.2, 0) is 11.2 Å². The lowest BCUT2D eigenvalue weighted by Gasteiger charge is -2.40. The highest BCUT2D eigenvalue weighted by atomic mass is 16.4. The molecule has 1 fully saturated rings. The molecule has 1 saturated heterocycles. The van der Waals surface area contributed by atoms with Gasteiger partial charge in [-0.25, -0.2) is 4.79 Å². The van der Waals surface area contributed by atoms with Gasteiger partial charge in [-0.05, 0) is 31.7 Å². The molecule has 0 saturated carbocycles. The van der Waals surface area contributed by atoms with Crippen molar-refractivity contribution in [1.29, 1.82) is 0 Å². The van der Waals surface area contributed by atoms with Crippen LogP contribution in [0, 0.1) is 0 Å². The number of carbonyl (C=O) groups excluding carboxylic acids is 1. The summed E-state index contributed by atoms with van der Waals surface area (Å²) in [7, 11) is 0. The Morgan fingerprint density at radius 1 is 1.24 bits per heavy atom.